The van der Waals surface area contributed by atoms with Crippen molar-refractivity contribution in [1.82, 2.24) is 10.2 Å². The summed E-state index contributed by atoms with van der Waals surface area (Å²) >= 11 is 0. The SMILES string of the molecule is CC(C)NC(=O)CCN1CC(C(C)C(=O)O)C1. The van der Waals surface area contributed by atoms with Gasteiger partial charge in [0.15, 0.2) is 0 Å². The van der Waals surface area contributed by atoms with Crippen LogP contribution in [0.1, 0.15) is 27.2 Å². The molecule has 1 aliphatic heterocycles. The van der Waals surface area contributed by atoms with Crippen LogP contribution in [0.4, 0.5) is 0 Å². The topological polar surface area (TPSA) is 69.6 Å². The van der Waals surface area contributed by atoms with E-state index in [1.807, 2.05) is 13.8 Å². The summed E-state index contributed by atoms with van der Waals surface area (Å²) in [5, 5.41) is 11.7. The van der Waals surface area contributed by atoms with E-state index in [2.05, 4.69) is 10.2 Å². The molecule has 1 amide bonds. The van der Waals surface area contributed by atoms with Gasteiger partial charge in [0.1, 0.15) is 0 Å². The molecule has 0 aromatic rings. The quantitative estimate of drug-likeness (QED) is 0.714. The number of carbonyl (C=O) groups is 2. The van der Waals surface area contributed by atoms with Crippen LogP contribution in [0.5, 0.6) is 0 Å². The van der Waals surface area contributed by atoms with Gasteiger partial charge in [-0.15, -0.1) is 0 Å². The summed E-state index contributed by atoms with van der Waals surface area (Å²) in [7, 11) is 0. The van der Waals surface area contributed by atoms with Crippen molar-refractivity contribution < 1.29 is 14.7 Å². The molecule has 0 bridgehead atoms. The van der Waals surface area contributed by atoms with Crippen LogP contribution in [0.2, 0.25) is 0 Å². The maximum Gasteiger partial charge on any atom is 0.306 e. The first-order valence-corrected chi connectivity index (χ1v) is 6.14. The highest BCUT2D eigenvalue weighted by Gasteiger charge is 2.34. The van der Waals surface area contributed by atoms with Gasteiger partial charge in [-0.1, -0.05) is 6.92 Å². The van der Waals surface area contributed by atoms with Gasteiger partial charge in [-0.2, -0.15) is 0 Å². The third-order valence-electron chi connectivity index (χ3n) is 3.19. The summed E-state index contributed by atoms with van der Waals surface area (Å²) < 4.78 is 0. The number of hydrogen-bond acceptors (Lipinski definition) is 3. The van der Waals surface area contributed by atoms with Gasteiger partial charge < -0.3 is 15.3 Å². The molecule has 0 aromatic heterocycles. The fourth-order valence-corrected chi connectivity index (χ4v) is 1.96. The Bertz CT molecular complexity index is 285. The van der Waals surface area contributed by atoms with Crippen molar-refractivity contribution in [3.05, 3.63) is 0 Å². The number of carbonyl (C=O) groups excluding carboxylic acids is 1. The standard InChI is InChI=1S/C12H22N2O3/c1-8(2)13-11(15)4-5-14-6-10(7-14)9(3)12(16)17/h8-10H,4-7H2,1-3H3,(H,13,15)(H,16,17). The van der Waals surface area contributed by atoms with Gasteiger partial charge in [-0.3, -0.25) is 9.59 Å². The van der Waals surface area contributed by atoms with Crippen LogP contribution in [0, 0.1) is 11.8 Å². The molecule has 2 N–H and O–H groups in total. The van der Waals surface area contributed by atoms with Crippen molar-refractivity contribution >= 4 is 11.9 Å². The molecule has 5 heteroatoms. The van der Waals surface area contributed by atoms with Crippen LogP contribution in [0.3, 0.4) is 0 Å². The van der Waals surface area contributed by atoms with E-state index in [0.717, 1.165) is 19.6 Å². The number of carboxylic acid groups (broad SMARTS) is 1. The summed E-state index contributed by atoms with van der Waals surface area (Å²) in [5.74, 6) is -0.710. The zero-order chi connectivity index (χ0) is 13.0. The fraction of sp³-hybridized carbons (Fsp3) is 0.833. The predicted octanol–water partition coefficient (Wildman–Crippen LogP) is 0.554. The van der Waals surface area contributed by atoms with Gasteiger partial charge in [0, 0.05) is 32.1 Å². The molecule has 1 fully saturated rings. The number of nitrogens with zero attached hydrogens (tertiary/aromatic N) is 1. The lowest BCUT2D eigenvalue weighted by Crippen LogP contribution is -2.51. The second-order valence-electron chi connectivity index (χ2n) is 5.12. The molecule has 1 heterocycles. The normalized spacial score (nSPS) is 18.8. The van der Waals surface area contributed by atoms with Gasteiger partial charge in [-0.05, 0) is 19.8 Å². The van der Waals surface area contributed by atoms with Crippen molar-refractivity contribution in [2.24, 2.45) is 11.8 Å². The minimum Gasteiger partial charge on any atom is -0.481 e. The van der Waals surface area contributed by atoms with E-state index in [1.54, 1.807) is 6.92 Å². The first-order valence-electron chi connectivity index (χ1n) is 6.14. The van der Waals surface area contributed by atoms with Crippen LogP contribution in [-0.4, -0.2) is 47.6 Å². The Hall–Kier alpha value is -1.10. The van der Waals surface area contributed by atoms with E-state index in [9.17, 15) is 9.59 Å². The van der Waals surface area contributed by atoms with E-state index in [0.29, 0.717) is 6.42 Å². The van der Waals surface area contributed by atoms with E-state index < -0.39 is 5.97 Å². The molecule has 5 nitrogen and oxygen atoms in total. The highest BCUT2D eigenvalue weighted by Crippen LogP contribution is 2.23. The molecular weight excluding hydrogens is 220 g/mol. The molecule has 1 unspecified atom stereocenters. The molecule has 1 saturated heterocycles. The Morgan fingerprint density at radius 2 is 1.94 bits per heavy atom. The minimum atomic E-state index is -0.729. The highest BCUT2D eigenvalue weighted by atomic mass is 16.4. The van der Waals surface area contributed by atoms with Crippen molar-refractivity contribution in [3.63, 3.8) is 0 Å². The van der Waals surface area contributed by atoms with Crippen LogP contribution in [0.25, 0.3) is 0 Å². The summed E-state index contributed by atoms with van der Waals surface area (Å²) in [6.45, 7) is 7.93. The fourth-order valence-electron chi connectivity index (χ4n) is 1.96. The van der Waals surface area contributed by atoms with E-state index >= 15 is 0 Å². The number of carboxylic acids is 1. The number of nitrogens with one attached hydrogen (secondary N) is 1. The Balaban J connectivity index is 2.13. The largest absolute Gasteiger partial charge is 0.481 e. The van der Waals surface area contributed by atoms with E-state index in [-0.39, 0.29) is 23.8 Å². The van der Waals surface area contributed by atoms with E-state index in [1.165, 1.54) is 0 Å². The summed E-state index contributed by atoms with van der Waals surface area (Å²) in [6.07, 6.45) is 0.492. The Morgan fingerprint density at radius 3 is 2.41 bits per heavy atom. The zero-order valence-corrected chi connectivity index (χ0v) is 10.8. The lowest BCUT2D eigenvalue weighted by atomic mass is 9.87. The van der Waals surface area contributed by atoms with Crippen LogP contribution >= 0.6 is 0 Å². The van der Waals surface area contributed by atoms with Crippen LogP contribution in [-0.2, 0) is 9.59 Å². The lowest BCUT2D eigenvalue weighted by molar-refractivity contribution is -0.145. The molecule has 1 aliphatic rings. The highest BCUT2D eigenvalue weighted by molar-refractivity contribution is 5.76. The van der Waals surface area contributed by atoms with Gasteiger partial charge >= 0.3 is 5.97 Å². The van der Waals surface area contributed by atoms with Gasteiger partial charge in [0.25, 0.3) is 0 Å². The molecular formula is C12H22N2O3. The maximum absolute atomic E-state index is 11.4. The summed E-state index contributed by atoms with van der Waals surface area (Å²) in [5.41, 5.74) is 0. The molecule has 0 saturated carbocycles. The number of hydrogen-bond donors (Lipinski definition) is 2. The summed E-state index contributed by atoms with van der Waals surface area (Å²) in [4.78, 5) is 24.3. The second kappa shape index (κ2) is 6.00. The minimum absolute atomic E-state index is 0.0646. The Kier molecular flexibility index (Phi) is 4.93. The molecule has 0 radical (unpaired) electrons. The monoisotopic (exact) mass is 242 g/mol. The third-order valence-corrected chi connectivity index (χ3v) is 3.19. The third kappa shape index (κ3) is 4.34. The van der Waals surface area contributed by atoms with Crippen molar-refractivity contribution in [2.45, 2.75) is 33.2 Å². The molecule has 17 heavy (non-hydrogen) atoms. The molecule has 98 valence electrons. The van der Waals surface area contributed by atoms with Gasteiger partial charge in [0.2, 0.25) is 5.91 Å². The molecule has 1 rings (SSSR count). The second-order valence-corrected chi connectivity index (χ2v) is 5.12. The lowest BCUT2D eigenvalue weighted by Gasteiger charge is -2.41. The number of rotatable bonds is 6. The van der Waals surface area contributed by atoms with Crippen LogP contribution < -0.4 is 5.32 Å². The van der Waals surface area contributed by atoms with Crippen molar-refractivity contribution in [3.8, 4) is 0 Å². The Morgan fingerprint density at radius 1 is 1.35 bits per heavy atom. The van der Waals surface area contributed by atoms with Crippen molar-refractivity contribution in [2.75, 3.05) is 19.6 Å². The molecule has 0 spiro atoms. The number of amides is 1. The Labute approximate surface area is 102 Å². The number of aliphatic carboxylic acids is 1. The smallest absolute Gasteiger partial charge is 0.306 e. The average Bonchev–Trinajstić information content (AvgIpc) is 2.13. The molecule has 0 aromatic carbocycles. The van der Waals surface area contributed by atoms with Crippen molar-refractivity contribution in [1.29, 1.82) is 0 Å². The molecule has 1 atom stereocenters. The predicted molar refractivity (Wildman–Crippen MR) is 64.6 cm³/mol. The maximum atomic E-state index is 11.4. The summed E-state index contributed by atoms with van der Waals surface area (Å²) in [6, 6.07) is 0.179. The van der Waals surface area contributed by atoms with E-state index in [4.69, 9.17) is 5.11 Å². The zero-order valence-electron chi connectivity index (χ0n) is 10.8. The first kappa shape index (κ1) is 14.0. The number of likely N-dealkylation sites (tertiary alicyclic amines) is 1. The molecule has 0 aliphatic carbocycles. The van der Waals surface area contributed by atoms with Gasteiger partial charge in [0.05, 0.1) is 5.92 Å². The first-order chi connectivity index (χ1) is 7.90. The van der Waals surface area contributed by atoms with Gasteiger partial charge in [-0.25, -0.2) is 0 Å². The average molecular weight is 242 g/mol. The van der Waals surface area contributed by atoms with Crippen LogP contribution in [0.15, 0.2) is 0 Å².